The van der Waals surface area contributed by atoms with E-state index in [0.717, 1.165) is 12.8 Å². The number of rotatable bonds is 15. The highest BCUT2D eigenvalue weighted by molar-refractivity contribution is 6.74. The van der Waals surface area contributed by atoms with E-state index in [0.29, 0.717) is 6.61 Å². The number of hydrogen-bond acceptors (Lipinski definition) is 3. The summed E-state index contributed by atoms with van der Waals surface area (Å²) in [5.74, 6) is -0.135. The molecule has 0 aromatic rings. The quantitative estimate of drug-likeness (QED) is 0.149. The van der Waals surface area contributed by atoms with Gasteiger partial charge in [0, 0.05) is 0 Å². The number of carbonyl (C=O) groups excluding carboxylic acids is 1. The number of hydrogen-bond donors (Lipinski definition) is 0. The lowest BCUT2D eigenvalue weighted by Crippen LogP contribution is -2.45. The molecule has 0 aliphatic rings. The Morgan fingerprint density at radius 3 is 1.66 bits per heavy atom. The largest absolute Gasteiger partial charge is 0.463 e. The molecule has 0 unspecified atom stereocenters. The molecule has 174 valence electrons. The molecule has 0 saturated heterocycles. The molecule has 0 aromatic heterocycles. The van der Waals surface area contributed by atoms with Gasteiger partial charge in [0.25, 0.3) is 0 Å². The fourth-order valence-electron chi connectivity index (χ4n) is 3.01. The van der Waals surface area contributed by atoms with Crippen LogP contribution in [0.15, 0.2) is 0 Å². The lowest BCUT2D eigenvalue weighted by Gasteiger charge is -2.39. The summed E-state index contributed by atoms with van der Waals surface area (Å²) in [7, 11) is -1.87. The molecular weight excluding hydrogens is 376 g/mol. The Balaban J connectivity index is 4.37. The first-order chi connectivity index (χ1) is 13.3. The summed E-state index contributed by atoms with van der Waals surface area (Å²) in [6, 6.07) is 0. The van der Waals surface area contributed by atoms with Crippen LogP contribution in [0.2, 0.25) is 18.1 Å². The fourth-order valence-corrected chi connectivity index (χ4v) is 4.39. The zero-order valence-electron chi connectivity index (χ0n) is 21.3. The standard InChI is InChI=1S/C25H52O3Si/c1-10-11-12-13-14-15-16-17-18-19-20-22(21-27-23(26)24(2,3)4)28-29(8,9)25(5,6)7/h22H,10-21H2,1-9H3/t22-/m1/s1. The van der Waals surface area contributed by atoms with Gasteiger partial charge in [-0.1, -0.05) is 91.9 Å². The Bertz CT molecular complexity index is 432. The monoisotopic (exact) mass is 428 g/mol. The first-order valence-corrected chi connectivity index (χ1v) is 15.1. The van der Waals surface area contributed by atoms with Gasteiger partial charge in [-0.3, -0.25) is 4.79 Å². The molecule has 0 aliphatic carbocycles. The van der Waals surface area contributed by atoms with Crippen molar-refractivity contribution in [3.63, 3.8) is 0 Å². The smallest absolute Gasteiger partial charge is 0.311 e. The van der Waals surface area contributed by atoms with Gasteiger partial charge in [0.15, 0.2) is 8.32 Å². The van der Waals surface area contributed by atoms with Crippen LogP contribution in [0.4, 0.5) is 0 Å². The summed E-state index contributed by atoms with van der Waals surface area (Å²) in [4.78, 5) is 12.2. The molecule has 0 aliphatic heterocycles. The molecular formula is C25H52O3Si. The second kappa shape index (κ2) is 13.9. The molecule has 0 N–H and O–H groups in total. The Kier molecular flexibility index (Phi) is 13.7. The van der Waals surface area contributed by atoms with Crippen LogP contribution in [-0.2, 0) is 14.0 Å². The summed E-state index contributed by atoms with van der Waals surface area (Å²) >= 11 is 0. The molecule has 29 heavy (non-hydrogen) atoms. The molecule has 4 heteroatoms. The van der Waals surface area contributed by atoms with Gasteiger partial charge in [-0.05, 0) is 45.3 Å². The third kappa shape index (κ3) is 13.5. The van der Waals surface area contributed by atoms with Crippen molar-refractivity contribution < 1.29 is 14.0 Å². The maximum absolute atomic E-state index is 12.2. The fraction of sp³-hybridized carbons (Fsp3) is 0.960. The van der Waals surface area contributed by atoms with Gasteiger partial charge in [0.05, 0.1) is 11.5 Å². The first-order valence-electron chi connectivity index (χ1n) is 12.2. The van der Waals surface area contributed by atoms with Gasteiger partial charge < -0.3 is 9.16 Å². The van der Waals surface area contributed by atoms with Gasteiger partial charge in [0.2, 0.25) is 0 Å². The van der Waals surface area contributed by atoms with E-state index < -0.39 is 13.7 Å². The number of unbranched alkanes of at least 4 members (excludes halogenated alkanes) is 9. The zero-order valence-corrected chi connectivity index (χ0v) is 22.3. The minimum atomic E-state index is -1.87. The van der Waals surface area contributed by atoms with Gasteiger partial charge in [-0.15, -0.1) is 0 Å². The van der Waals surface area contributed by atoms with E-state index in [1.54, 1.807) is 0 Å². The highest BCUT2D eigenvalue weighted by Gasteiger charge is 2.39. The number of esters is 1. The van der Waals surface area contributed by atoms with Crippen molar-refractivity contribution in [2.24, 2.45) is 5.41 Å². The average molecular weight is 429 g/mol. The van der Waals surface area contributed by atoms with Gasteiger partial charge in [-0.2, -0.15) is 0 Å². The lowest BCUT2D eigenvalue weighted by molar-refractivity contribution is -0.155. The number of ether oxygens (including phenoxy) is 1. The molecule has 3 nitrogen and oxygen atoms in total. The van der Waals surface area contributed by atoms with Crippen LogP contribution in [0.1, 0.15) is 119 Å². The van der Waals surface area contributed by atoms with Crippen molar-refractivity contribution in [1.82, 2.24) is 0 Å². The molecule has 0 fully saturated rings. The summed E-state index contributed by atoms with van der Waals surface area (Å²) in [6.45, 7) is 19.7. The summed E-state index contributed by atoms with van der Waals surface area (Å²) in [5.41, 5.74) is -0.460. The van der Waals surface area contributed by atoms with E-state index in [1.165, 1.54) is 57.8 Å². The van der Waals surface area contributed by atoms with E-state index >= 15 is 0 Å². The lowest BCUT2D eigenvalue weighted by atomic mass is 9.97. The predicted molar refractivity (Wildman–Crippen MR) is 129 cm³/mol. The third-order valence-electron chi connectivity index (χ3n) is 6.16. The number of carbonyl (C=O) groups is 1. The van der Waals surface area contributed by atoms with Crippen molar-refractivity contribution in [3.8, 4) is 0 Å². The third-order valence-corrected chi connectivity index (χ3v) is 10.7. The van der Waals surface area contributed by atoms with Gasteiger partial charge >= 0.3 is 5.97 Å². The van der Waals surface area contributed by atoms with Crippen LogP contribution in [0.5, 0.6) is 0 Å². The molecule has 0 aromatic carbocycles. The minimum Gasteiger partial charge on any atom is -0.463 e. The highest BCUT2D eigenvalue weighted by atomic mass is 28.4. The average Bonchev–Trinajstić information content (AvgIpc) is 2.58. The van der Waals surface area contributed by atoms with Crippen LogP contribution < -0.4 is 0 Å². The van der Waals surface area contributed by atoms with E-state index in [2.05, 4.69) is 40.8 Å². The molecule has 0 heterocycles. The molecule has 0 saturated carbocycles. The van der Waals surface area contributed by atoms with Crippen molar-refractivity contribution >= 4 is 14.3 Å². The maximum atomic E-state index is 12.2. The molecule has 0 spiro atoms. The van der Waals surface area contributed by atoms with Crippen LogP contribution in [0.25, 0.3) is 0 Å². The van der Waals surface area contributed by atoms with E-state index in [1.807, 2.05) is 20.8 Å². The minimum absolute atomic E-state index is 0.0243. The van der Waals surface area contributed by atoms with E-state index in [-0.39, 0.29) is 17.1 Å². The first kappa shape index (κ1) is 28.6. The van der Waals surface area contributed by atoms with Crippen molar-refractivity contribution in [2.45, 2.75) is 143 Å². The highest BCUT2D eigenvalue weighted by Crippen LogP contribution is 2.38. The Morgan fingerprint density at radius 1 is 0.793 bits per heavy atom. The maximum Gasteiger partial charge on any atom is 0.311 e. The Morgan fingerprint density at radius 2 is 1.24 bits per heavy atom. The molecule has 1 atom stereocenters. The summed E-state index contributed by atoms with van der Waals surface area (Å²) < 4.78 is 12.2. The second-order valence-electron chi connectivity index (χ2n) is 11.3. The van der Waals surface area contributed by atoms with Gasteiger partial charge in [0.1, 0.15) is 6.61 Å². The Hall–Kier alpha value is -0.353. The second-order valence-corrected chi connectivity index (χ2v) is 16.1. The van der Waals surface area contributed by atoms with Crippen LogP contribution >= 0.6 is 0 Å². The van der Waals surface area contributed by atoms with Crippen LogP contribution in [0.3, 0.4) is 0 Å². The van der Waals surface area contributed by atoms with E-state index in [9.17, 15) is 4.79 Å². The SMILES string of the molecule is CCCCCCCCCCCC[C@H](COC(=O)C(C)(C)C)O[Si](C)(C)C(C)(C)C. The normalized spacial score (nSPS) is 14.1. The summed E-state index contributed by atoms with van der Waals surface area (Å²) in [6.07, 6.45) is 14.3. The van der Waals surface area contributed by atoms with Gasteiger partial charge in [-0.25, -0.2) is 0 Å². The molecule has 0 bridgehead atoms. The van der Waals surface area contributed by atoms with Crippen molar-refractivity contribution in [1.29, 1.82) is 0 Å². The zero-order chi connectivity index (χ0) is 22.6. The molecule has 0 rings (SSSR count). The van der Waals surface area contributed by atoms with Crippen LogP contribution in [0, 0.1) is 5.41 Å². The predicted octanol–water partition coefficient (Wildman–Crippen LogP) is 8.28. The molecule has 0 amide bonds. The summed E-state index contributed by atoms with van der Waals surface area (Å²) in [5, 5.41) is 0.164. The topological polar surface area (TPSA) is 35.5 Å². The Labute approximate surface area is 183 Å². The van der Waals surface area contributed by atoms with Crippen molar-refractivity contribution in [3.05, 3.63) is 0 Å². The van der Waals surface area contributed by atoms with Crippen molar-refractivity contribution in [2.75, 3.05) is 6.61 Å². The molecule has 0 radical (unpaired) electrons. The van der Waals surface area contributed by atoms with Crippen LogP contribution in [-0.4, -0.2) is 27.0 Å². The van der Waals surface area contributed by atoms with E-state index in [4.69, 9.17) is 9.16 Å².